The lowest BCUT2D eigenvalue weighted by Crippen LogP contribution is -2.19. The van der Waals surface area contributed by atoms with Crippen LogP contribution in [0.5, 0.6) is 0 Å². The molecule has 4 nitrogen and oxygen atoms in total. The minimum Gasteiger partial charge on any atom is -0.339 e. The van der Waals surface area contributed by atoms with E-state index in [-0.39, 0.29) is 22.5 Å². The highest BCUT2D eigenvalue weighted by atomic mass is 19.4. The van der Waals surface area contributed by atoms with Gasteiger partial charge in [0.1, 0.15) is 17.3 Å². The SMILES string of the molecule is Cc1nn2c(=O)c(C)c(-c3ccc(F)cc3F)[nH]c2c1-c1ccc(C(F)(F)F)cc1. The molecule has 0 aliphatic carbocycles. The molecule has 0 radical (unpaired) electrons. The van der Waals surface area contributed by atoms with Crippen molar-refractivity contribution < 1.29 is 22.0 Å². The average molecular weight is 419 g/mol. The number of hydrogen-bond donors (Lipinski definition) is 1. The zero-order valence-corrected chi connectivity index (χ0v) is 15.7. The highest BCUT2D eigenvalue weighted by molar-refractivity contribution is 5.81. The topological polar surface area (TPSA) is 50.2 Å². The Bertz CT molecular complexity index is 1330. The number of rotatable bonds is 2. The van der Waals surface area contributed by atoms with Gasteiger partial charge in [0.25, 0.3) is 5.56 Å². The van der Waals surface area contributed by atoms with E-state index in [0.717, 1.165) is 22.7 Å². The first-order valence-electron chi connectivity index (χ1n) is 8.83. The first kappa shape index (κ1) is 19.8. The molecule has 0 aliphatic heterocycles. The van der Waals surface area contributed by atoms with E-state index < -0.39 is 28.9 Å². The first-order valence-corrected chi connectivity index (χ1v) is 8.83. The molecule has 0 saturated carbocycles. The summed E-state index contributed by atoms with van der Waals surface area (Å²) in [4.78, 5) is 15.8. The molecule has 0 amide bonds. The Hall–Kier alpha value is -3.49. The van der Waals surface area contributed by atoms with Crippen LogP contribution >= 0.6 is 0 Å². The number of benzene rings is 2. The van der Waals surface area contributed by atoms with Gasteiger partial charge >= 0.3 is 6.18 Å². The van der Waals surface area contributed by atoms with Crippen LogP contribution in [-0.4, -0.2) is 14.6 Å². The number of alkyl halides is 3. The van der Waals surface area contributed by atoms with Gasteiger partial charge < -0.3 is 4.98 Å². The number of aryl methyl sites for hydroxylation is 1. The third-order valence-corrected chi connectivity index (χ3v) is 4.89. The first-order chi connectivity index (χ1) is 14.1. The Morgan fingerprint density at radius 1 is 1.00 bits per heavy atom. The third kappa shape index (κ3) is 3.16. The second kappa shape index (κ2) is 6.79. The molecule has 4 rings (SSSR count). The van der Waals surface area contributed by atoms with Crippen LogP contribution in [0.15, 0.2) is 47.3 Å². The number of hydrogen-bond acceptors (Lipinski definition) is 2. The minimum absolute atomic E-state index is 0.00859. The monoisotopic (exact) mass is 419 g/mol. The molecule has 9 heteroatoms. The highest BCUT2D eigenvalue weighted by Crippen LogP contribution is 2.33. The van der Waals surface area contributed by atoms with Gasteiger partial charge in [0, 0.05) is 22.8 Å². The maximum absolute atomic E-state index is 14.3. The van der Waals surface area contributed by atoms with Crippen molar-refractivity contribution in [2.45, 2.75) is 20.0 Å². The van der Waals surface area contributed by atoms with Crippen LogP contribution in [0.1, 0.15) is 16.8 Å². The van der Waals surface area contributed by atoms with Gasteiger partial charge in [0.2, 0.25) is 0 Å². The predicted molar refractivity (Wildman–Crippen MR) is 101 cm³/mol. The van der Waals surface area contributed by atoms with Crippen LogP contribution in [0.4, 0.5) is 22.0 Å². The fourth-order valence-electron chi connectivity index (χ4n) is 3.40. The van der Waals surface area contributed by atoms with Crippen LogP contribution in [0.3, 0.4) is 0 Å². The molecule has 154 valence electrons. The highest BCUT2D eigenvalue weighted by Gasteiger charge is 2.30. The number of H-pyrrole nitrogens is 1. The summed E-state index contributed by atoms with van der Waals surface area (Å²) in [6, 6.07) is 7.41. The number of fused-ring (bicyclic) bond motifs is 1. The van der Waals surface area contributed by atoms with Crippen LogP contribution < -0.4 is 5.56 Å². The number of aromatic nitrogens is 3. The molecule has 2 heterocycles. The van der Waals surface area contributed by atoms with Crippen LogP contribution in [0, 0.1) is 25.5 Å². The van der Waals surface area contributed by atoms with Crippen molar-refractivity contribution in [2.24, 2.45) is 0 Å². The lowest BCUT2D eigenvalue weighted by molar-refractivity contribution is -0.137. The second-order valence-corrected chi connectivity index (χ2v) is 6.85. The Morgan fingerprint density at radius 2 is 1.67 bits per heavy atom. The molecule has 4 aromatic rings. The van der Waals surface area contributed by atoms with Crippen molar-refractivity contribution in [1.82, 2.24) is 14.6 Å². The molecule has 30 heavy (non-hydrogen) atoms. The zero-order chi connectivity index (χ0) is 21.8. The summed E-state index contributed by atoms with van der Waals surface area (Å²) in [5, 5.41) is 4.19. The van der Waals surface area contributed by atoms with Gasteiger partial charge in [0.05, 0.1) is 17.0 Å². The van der Waals surface area contributed by atoms with E-state index in [9.17, 15) is 26.7 Å². The van der Waals surface area contributed by atoms with Crippen molar-refractivity contribution in [1.29, 1.82) is 0 Å². The van der Waals surface area contributed by atoms with E-state index in [2.05, 4.69) is 10.1 Å². The van der Waals surface area contributed by atoms with Crippen LogP contribution in [-0.2, 0) is 6.18 Å². The smallest absolute Gasteiger partial charge is 0.339 e. The number of halogens is 5. The largest absolute Gasteiger partial charge is 0.416 e. The molecule has 0 atom stereocenters. The number of nitrogens with one attached hydrogen (secondary N) is 1. The van der Waals surface area contributed by atoms with Gasteiger partial charge in [-0.15, -0.1) is 0 Å². The predicted octanol–water partition coefficient (Wildman–Crippen LogP) is 5.27. The fourth-order valence-corrected chi connectivity index (χ4v) is 3.40. The van der Waals surface area contributed by atoms with Crippen molar-refractivity contribution in [3.63, 3.8) is 0 Å². The molecule has 0 spiro atoms. The molecular weight excluding hydrogens is 405 g/mol. The zero-order valence-electron chi connectivity index (χ0n) is 15.7. The molecule has 0 saturated heterocycles. The van der Waals surface area contributed by atoms with E-state index in [1.807, 2.05) is 0 Å². The summed E-state index contributed by atoms with van der Waals surface area (Å²) < 4.78 is 67.3. The fraction of sp³-hybridized carbons (Fsp3) is 0.143. The minimum atomic E-state index is -4.48. The summed E-state index contributed by atoms with van der Waals surface area (Å²) in [6.07, 6.45) is -4.48. The van der Waals surface area contributed by atoms with Gasteiger partial charge in [-0.2, -0.15) is 22.8 Å². The van der Waals surface area contributed by atoms with E-state index >= 15 is 0 Å². The van der Waals surface area contributed by atoms with Gasteiger partial charge in [-0.05, 0) is 43.7 Å². The van der Waals surface area contributed by atoms with Gasteiger partial charge in [-0.3, -0.25) is 4.79 Å². The van der Waals surface area contributed by atoms with Crippen molar-refractivity contribution in [2.75, 3.05) is 0 Å². The van der Waals surface area contributed by atoms with Crippen molar-refractivity contribution >= 4 is 5.65 Å². The van der Waals surface area contributed by atoms with Crippen LogP contribution in [0.25, 0.3) is 28.0 Å². The third-order valence-electron chi connectivity index (χ3n) is 4.89. The Morgan fingerprint density at radius 3 is 2.27 bits per heavy atom. The molecule has 0 fully saturated rings. The maximum Gasteiger partial charge on any atom is 0.416 e. The summed E-state index contributed by atoms with van der Waals surface area (Å²) in [7, 11) is 0. The maximum atomic E-state index is 14.3. The van der Waals surface area contributed by atoms with Crippen molar-refractivity contribution in [3.05, 3.63) is 81.3 Å². The van der Waals surface area contributed by atoms with Gasteiger partial charge in [0.15, 0.2) is 0 Å². The molecule has 1 N–H and O–H groups in total. The van der Waals surface area contributed by atoms with Crippen LogP contribution in [0.2, 0.25) is 0 Å². The normalized spacial score (nSPS) is 12.0. The summed E-state index contributed by atoms with van der Waals surface area (Å²) in [5.41, 5.74) is 0.367. The molecule has 2 aromatic carbocycles. The lowest BCUT2D eigenvalue weighted by atomic mass is 10.0. The van der Waals surface area contributed by atoms with E-state index in [1.54, 1.807) is 6.92 Å². The molecule has 2 aromatic heterocycles. The Kier molecular flexibility index (Phi) is 4.48. The van der Waals surface area contributed by atoms with E-state index in [1.165, 1.54) is 25.1 Å². The quantitative estimate of drug-likeness (QED) is 0.450. The van der Waals surface area contributed by atoms with Gasteiger partial charge in [-0.1, -0.05) is 12.1 Å². The summed E-state index contributed by atoms with van der Waals surface area (Å²) in [5.74, 6) is -1.62. The number of aromatic amines is 1. The average Bonchev–Trinajstić information content (AvgIpc) is 3.01. The number of nitrogens with zero attached hydrogens (tertiary/aromatic N) is 2. The second-order valence-electron chi connectivity index (χ2n) is 6.85. The molecule has 0 bridgehead atoms. The lowest BCUT2D eigenvalue weighted by Gasteiger charge is -2.10. The Balaban J connectivity index is 1.97. The van der Waals surface area contributed by atoms with E-state index in [4.69, 9.17) is 0 Å². The summed E-state index contributed by atoms with van der Waals surface area (Å²) >= 11 is 0. The van der Waals surface area contributed by atoms with Crippen molar-refractivity contribution in [3.8, 4) is 22.4 Å². The molecule has 0 aliphatic rings. The molecular formula is C21H14F5N3O. The van der Waals surface area contributed by atoms with E-state index in [0.29, 0.717) is 22.9 Å². The standard InChI is InChI=1S/C21H14F5N3O/c1-10-18(15-8-7-14(22)9-16(15)23)27-19-17(11(2)28-29(19)20(10)30)12-3-5-13(6-4-12)21(24,25)26/h3-9,27H,1-2H3. The molecule has 0 unspecified atom stereocenters. The summed E-state index contributed by atoms with van der Waals surface area (Å²) in [6.45, 7) is 3.09. The Labute approximate surface area is 166 Å². The van der Waals surface area contributed by atoms with Gasteiger partial charge in [-0.25, -0.2) is 8.78 Å².